The summed E-state index contributed by atoms with van der Waals surface area (Å²) in [5.74, 6) is 1.67. The lowest BCUT2D eigenvalue weighted by Crippen LogP contribution is -2.41. The molecule has 1 aromatic carbocycles. The number of aromatic nitrogens is 4. The zero-order chi connectivity index (χ0) is 22.8. The number of fused-ring (bicyclic) bond motifs is 1. The molecule has 0 aliphatic carbocycles. The van der Waals surface area contributed by atoms with E-state index in [0.717, 1.165) is 47.8 Å². The maximum Gasteiger partial charge on any atom is 0.244 e. The van der Waals surface area contributed by atoms with Crippen LogP contribution >= 0.6 is 0 Å². The summed E-state index contributed by atoms with van der Waals surface area (Å²) < 4.78 is 1.65. The molecule has 3 aromatic rings. The summed E-state index contributed by atoms with van der Waals surface area (Å²) in [6.45, 7) is 4.07. The Labute approximate surface area is 193 Å². The van der Waals surface area contributed by atoms with Crippen LogP contribution in [0.2, 0.25) is 0 Å². The van der Waals surface area contributed by atoms with E-state index in [9.17, 15) is 9.59 Å². The van der Waals surface area contributed by atoms with Crippen molar-refractivity contribution in [2.45, 2.75) is 51.6 Å². The molecule has 1 fully saturated rings. The third kappa shape index (κ3) is 4.51. The molecule has 2 aromatic heterocycles. The maximum absolute atomic E-state index is 12.9. The molecule has 0 radical (unpaired) electrons. The third-order valence-electron chi connectivity index (χ3n) is 6.53. The van der Waals surface area contributed by atoms with Crippen molar-refractivity contribution < 1.29 is 9.59 Å². The molecule has 1 unspecified atom stereocenters. The number of hydrogen-bond acceptors (Lipinski definition) is 5. The normalized spacial score (nSPS) is 18.3. The molecule has 0 bridgehead atoms. The fourth-order valence-electron chi connectivity index (χ4n) is 4.76. The number of nitrogens with zero attached hydrogens (tertiary/aromatic N) is 6. The Morgan fingerprint density at radius 3 is 2.76 bits per heavy atom. The van der Waals surface area contributed by atoms with Gasteiger partial charge in [-0.3, -0.25) is 19.2 Å². The first-order valence-corrected chi connectivity index (χ1v) is 11.6. The highest BCUT2D eigenvalue weighted by Crippen LogP contribution is 2.33. The van der Waals surface area contributed by atoms with Gasteiger partial charge in [0.15, 0.2) is 0 Å². The third-order valence-corrected chi connectivity index (χ3v) is 6.53. The fraction of sp³-hybridized carbons (Fsp3) is 0.400. The lowest BCUT2D eigenvalue weighted by atomic mass is 9.95. The van der Waals surface area contributed by atoms with Crippen LogP contribution in [0.1, 0.15) is 47.8 Å². The van der Waals surface area contributed by atoms with Crippen LogP contribution in [0.15, 0.2) is 48.8 Å². The zero-order valence-corrected chi connectivity index (χ0v) is 18.9. The lowest BCUT2D eigenvalue weighted by Gasteiger charge is -2.34. The van der Waals surface area contributed by atoms with Crippen LogP contribution in [0.3, 0.4) is 0 Å². The number of anilines is 1. The molecule has 8 heteroatoms. The highest BCUT2D eigenvalue weighted by atomic mass is 16.2. The highest BCUT2D eigenvalue weighted by molar-refractivity contribution is 5.95. The summed E-state index contributed by atoms with van der Waals surface area (Å²) in [5, 5.41) is 4.14. The van der Waals surface area contributed by atoms with Crippen LogP contribution in [0.5, 0.6) is 0 Å². The van der Waals surface area contributed by atoms with E-state index in [0.29, 0.717) is 25.9 Å². The second kappa shape index (κ2) is 9.13. The minimum atomic E-state index is 0.0546. The standard InChI is InChI=1S/C25H28N6O2/c1-18-21-10-11-22(32)31(15-19-7-3-2-4-8-19)25(21)28-24(27-18)20-9-5-13-29(16-20)23(33)17-30-14-6-12-26-30/h2-4,6-8,12,14,20H,5,9-11,13,15-17H2,1H3. The van der Waals surface area contributed by atoms with Gasteiger partial charge in [-0.25, -0.2) is 9.97 Å². The summed E-state index contributed by atoms with van der Waals surface area (Å²) >= 11 is 0. The Bertz CT molecular complexity index is 1150. The van der Waals surface area contributed by atoms with Gasteiger partial charge in [0, 0.05) is 49.1 Å². The summed E-state index contributed by atoms with van der Waals surface area (Å²) in [7, 11) is 0. The van der Waals surface area contributed by atoms with Gasteiger partial charge < -0.3 is 4.90 Å². The predicted octanol–water partition coefficient (Wildman–Crippen LogP) is 2.87. The monoisotopic (exact) mass is 444 g/mol. The Morgan fingerprint density at radius 2 is 1.97 bits per heavy atom. The van der Waals surface area contributed by atoms with E-state index in [1.165, 1.54) is 0 Å². The second-order valence-corrected chi connectivity index (χ2v) is 8.82. The Kier molecular flexibility index (Phi) is 5.90. The molecule has 8 nitrogen and oxygen atoms in total. The predicted molar refractivity (Wildman–Crippen MR) is 124 cm³/mol. The molecule has 5 rings (SSSR count). The van der Waals surface area contributed by atoms with Crippen LogP contribution in [0, 0.1) is 6.92 Å². The molecule has 1 saturated heterocycles. The minimum absolute atomic E-state index is 0.0546. The van der Waals surface area contributed by atoms with Crippen molar-refractivity contribution >= 4 is 17.6 Å². The van der Waals surface area contributed by atoms with E-state index >= 15 is 0 Å². The van der Waals surface area contributed by atoms with Gasteiger partial charge in [-0.15, -0.1) is 0 Å². The number of amides is 2. The molecule has 0 saturated carbocycles. The van der Waals surface area contributed by atoms with Gasteiger partial charge in [0.1, 0.15) is 18.2 Å². The first-order valence-electron chi connectivity index (χ1n) is 11.6. The summed E-state index contributed by atoms with van der Waals surface area (Å²) in [6.07, 6.45) is 6.46. The molecule has 1 atom stereocenters. The number of carbonyl (C=O) groups excluding carboxylic acids is 2. The lowest BCUT2D eigenvalue weighted by molar-refractivity contribution is -0.133. The molecule has 0 spiro atoms. The molecule has 4 heterocycles. The molecule has 2 amide bonds. The zero-order valence-electron chi connectivity index (χ0n) is 18.9. The topological polar surface area (TPSA) is 84.2 Å². The van der Waals surface area contributed by atoms with Crippen molar-refractivity contribution in [2.75, 3.05) is 18.0 Å². The number of hydrogen-bond donors (Lipinski definition) is 0. The Morgan fingerprint density at radius 1 is 1.12 bits per heavy atom. The molecule has 0 N–H and O–H groups in total. The van der Waals surface area contributed by atoms with Gasteiger partial charge >= 0.3 is 0 Å². The molecular weight excluding hydrogens is 416 g/mol. The SMILES string of the molecule is Cc1nc(C2CCCN(C(=O)Cn3cccn3)C2)nc2c1CCC(=O)N2Cc1ccccc1. The van der Waals surface area contributed by atoms with Gasteiger partial charge in [-0.05, 0) is 37.8 Å². The average Bonchev–Trinajstić information content (AvgIpc) is 3.34. The van der Waals surface area contributed by atoms with Crippen LogP contribution in [-0.2, 0) is 29.1 Å². The van der Waals surface area contributed by atoms with E-state index in [1.54, 1.807) is 22.0 Å². The van der Waals surface area contributed by atoms with Gasteiger partial charge in [0.2, 0.25) is 11.8 Å². The van der Waals surface area contributed by atoms with Crippen molar-refractivity contribution in [3.8, 4) is 0 Å². The van der Waals surface area contributed by atoms with Crippen LogP contribution in [-0.4, -0.2) is 49.6 Å². The molecule has 2 aliphatic heterocycles. The average molecular weight is 445 g/mol. The summed E-state index contributed by atoms with van der Waals surface area (Å²) in [6, 6.07) is 11.8. The summed E-state index contributed by atoms with van der Waals surface area (Å²) in [4.78, 5) is 39.1. The van der Waals surface area contributed by atoms with E-state index < -0.39 is 0 Å². The second-order valence-electron chi connectivity index (χ2n) is 8.82. The number of benzene rings is 1. The fourth-order valence-corrected chi connectivity index (χ4v) is 4.76. The Hall–Kier alpha value is -3.55. The van der Waals surface area contributed by atoms with Crippen molar-refractivity contribution in [2.24, 2.45) is 0 Å². The number of aryl methyl sites for hydroxylation is 1. The number of piperidine rings is 1. The van der Waals surface area contributed by atoms with Crippen LogP contribution in [0.4, 0.5) is 5.82 Å². The maximum atomic E-state index is 12.9. The molecule has 170 valence electrons. The molecule has 33 heavy (non-hydrogen) atoms. The van der Waals surface area contributed by atoms with Crippen molar-refractivity contribution in [3.63, 3.8) is 0 Å². The molecular formula is C25H28N6O2. The van der Waals surface area contributed by atoms with Gasteiger partial charge in [0.25, 0.3) is 0 Å². The van der Waals surface area contributed by atoms with E-state index in [1.807, 2.05) is 48.2 Å². The first kappa shape index (κ1) is 21.3. The van der Waals surface area contributed by atoms with E-state index in [-0.39, 0.29) is 24.3 Å². The Balaban J connectivity index is 1.39. The first-order chi connectivity index (χ1) is 16.1. The highest BCUT2D eigenvalue weighted by Gasteiger charge is 2.32. The van der Waals surface area contributed by atoms with E-state index in [2.05, 4.69) is 5.10 Å². The van der Waals surface area contributed by atoms with Crippen LogP contribution < -0.4 is 4.90 Å². The number of likely N-dealkylation sites (tertiary alicyclic amines) is 1. The van der Waals surface area contributed by atoms with E-state index in [4.69, 9.17) is 9.97 Å². The largest absolute Gasteiger partial charge is 0.340 e. The minimum Gasteiger partial charge on any atom is -0.340 e. The van der Waals surface area contributed by atoms with Crippen molar-refractivity contribution in [1.29, 1.82) is 0 Å². The number of carbonyl (C=O) groups is 2. The smallest absolute Gasteiger partial charge is 0.244 e. The summed E-state index contributed by atoms with van der Waals surface area (Å²) in [5.41, 5.74) is 3.06. The van der Waals surface area contributed by atoms with Crippen molar-refractivity contribution in [3.05, 3.63) is 71.4 Å². The number of rotatable bonds is 5. The van der Waals surface area contributed by atoms with Gasteiger partial charge in [-0.2, -0.15) is 5.10 Å². The molecule has 2 aliphatic rings. The van der Waals surface area contributed by atoms with Gasteiger partial charge in [-0.1, -0.05) is 30.3 Å². The van der Waals surface area contributed by atoms with Gasteiger partial charge in [0.05, 0.1) is 6.54 Å². The van der Waals surface area contributed by atoms with Crippen LogP contribution in [0.25, 0.3) is 0 Å². The quantitative estimate of drug-likeness (QED) is 0.604. The van der Waals surface area contributed by atoms with Crippen molar-refractivity contribution in [1.82, 2.24) is 24.6 Å².